The van der Waals surface area contributed by atoms with Gasteiger partial charge in [-0.15, -0.1) is 0 Å². The summed E-state index contributed by atoms with van der Waals surface area (Å²) in [5, 5.41) is -0.0141. The average molecular weight is 345 g/mol. The van der Waals surface area contributed by atoms with Gasteiger partial charge in [-0.1, -0.05) is 15.9 Å². The van der Waals surface area contributed by atoms with Crippen LogP contribution in [0, 0.1) is 0 Å². The molecule has 2 N–H and O–H groups in total. The molecule has 0 spiro atoms. The number of nitrogens with two attached hydrogens (primary N) is 1. The first-order valence-electron chi connectivity index (χ1n) is 5.34. The molecular weight excluding hydrogens is 332 g/mol. The van der Waals surface area contributed by atoms with Gasteiger partial charge in [-0.2, -0.15) is 8.42 Å². The van der Waals surface area contributed by atoms with E-state index in [1.165, 1.54) is 19.6 Å². The van der Waals surface area contributed by atoms with Crippen LogP contribution < -0.4 is 10.0 Å². The number of hydrogen-bond acceptors (Lipinski definition) is 4. The Morgan fingerprint density at radius 3 is 2.63 bits per heavy atom. The van der Waals surface area contributed by atoms with Gasteiger partial charge >= 0.3 is 0 Å². The largest absolute Gasteiger partial charge is 0.397 e. The Morgan fingerprint density at radius 2 is 2.11 bits per heavy atom. The molecule has 0 aliphatic carbocycles. The summed E-state index contributed by atoms with van der Waals surface area (Å²) in [7, 11) is -0.544. The second-order valence-electron chi connectivity index (χ2n) is 4.05. The van der Waals surface area contributed by atoms with Gasteiger partial charge in [0.2, 0.25) is 0 Å². The number of hydrogen-bond donors (Lipinski definition) is 1. The molecule has 0 atom stereocenters. The van der Waals surface area contributed by atoms with Crippen LogP contribution in [0.5, 0.6) is 0 Å². The molecule has 0 radical (unpaired) electrons. The number of anilines is 2. The van der Waals surface area contributed by atoms with Crippen molar-refractivity contribution in [3.8, 4) is 0 Å². The quantitative estimate of drug-likeness (QED) is 0.857. The number of sulfonamides is 1. The van der Waals surface area contributed by atoms with Crippen molar-refractivity contribution >= 4 is 37.3 Å². The number of benzene rings is 1. The molecule has 2 rings (SSSR count). The van der Waals surface area contributed by atoms with Crippen LogP contribution in [0.15, 0.2) is 40.2 Å². The normalized spacial score (nSPS) is 11.5. The lowest BCUT2D eigenvalue weighted by Gasteiger charge is -2.19. The van der Waals surface area contributed by atoms with E-state index in [9.17, 15) is 8.42 Å². The number of aryl methyl sites for hydroxylation is 1. The Morgan fingerprint density at radius 1 is 1.42 bits per heavy atom. The summed E-state index contributed by atoms with van der Waals surface area (Å²) in [5.41, 5.74) is 6.62. The molecule has 2 aromatic rings. The molecule has 19 heavy (non-hydrogen) atoms. The minimum atomic E-state index is -3.70. The van der Waals surface area contributed by atoms with E-state index in [0.29, 0.717) is 11.4 Å². The van der Waals surface area contributed by atoms with E-state index in [2.05, 4.69) is 20.9 Å². The fourth-order valence-corrected chi connectivity index (χ4v) is 3.17. The van der Waals surface area contributed by atoms with Gasteiger partial charge in [-0.25, -0.2) is 4.98 Å². The molecule has 0 aliphatic rings. The highest BCUT2D eigenvalue weighted by molar-refractivity contribution is 9.10. The molecule has 0 bridgehead atoms. The Kier molecular flexibility index (Phi) is 3.55. The van der Waals surface area contributed by atoms with E-state index in [1.807, 2.05) is 0 Å². The van der Waals surface area contributed by atoms with Crippen LogP contribution in [0.3, 0.4) is 0 Å². The van der Waals surface area contributed by atoms with E-state index >= 15 is 0 Å². The lowest BCUT2D eigenvalue weighted by atomic mass is 10.3. The highest BCUT2D eigenvalue weighted by atomic mass is 79.9. The fraction of sp³-hybridized carbons (Fsp3) is 0.182. The summed E-state index contributed by atoms with van der Waals surface area (Å²) in [5.74, 6) is 0. The molecule has 102 valence electrons. The molecule has 0 amide bonds. The van der Waals surface area contributed by atoms with Gasteiger partial charge < -0.3 is 10.3 Å². The second-order valence-corrected chi connectivity index (χ2v) is 6.88. The number of halogens is 1. The van der Waals surface area contributed by atoms with Crippen LogP contribution in [-0.4, -0.2) is 25.0 Å². The summed E-state index contributed by atoms with van der Waals surface area (Å²) < 4.78 is 28.2. The number of aromatic nitrogens is 2. The second kappa shape index (κ2) is 4.86. The zero-order valence-electron chi connectivity index (χ0n) is 10.4. The highest BCUT2D eigenvalue weighted by Crippen LogP contribution is 2.29. The first kappa shape index (κ1) is 13.9. The molecule has 1 heterocycles. The summed E-state index contributed by atoms with van der Waals surface area (Å²) in [6.07, 6.45) is 2.88. The van der Waals surface area contributed by atoms with Gasteiger partial charge in [0.05, 0.1) is 17.7 Å². The van der Waals surface area contributed by atoms with Crippen LogP contribution in [-0.2, 0) is 17.1 Å². The summed E-state index contributed by atoms with van der Waals surface area (Å²) in [6.45, 7) is 0. The van der Waals surface area contributed by atoms with Crippen LogP contribution >= 0.6 is 15.9 Å². The average Bonchev–Trinajstić information content (AvgIpc) is 2.76. The topological polar surface area (TPSA) is 81.2 Å². The molecule has 1 aromatic carbocycles. The summed E-state index contributed by atoms with van der Waals surface area (Å²) >= 11 is 3.28. The Bertz CT molecular complexity index is 711. The lowest BCUT2D eigenvalue weighted by Crippen LogP contribution is -2.27. The molecule has 0 unspecified atom stereocenters. The summed E-state index contributed by atoms with van der Waals surface area (Å²) in [6, 6.07) is 5.02. The molecule has 6 nitrogen and oxygen atoms in total. The maximum Gasteiger partial charge on any atom is 0.283 e. The van der Waals surface area contributed by atoms with Crippen molar-refractivity contribution in [1.82, 2.24) is 9.55 Å². The van der Waals surface area contributed by atoms with Crippen molar-refractivity contribution in [2.45, 2.75) is 5.03 Å². The number of nitrogens with zero attached hydrogens (tertiary/aromatic N) is 3. The van der Waals surface area contributed by atoms with Gasteiger partial charge in [0.15, 0.2) is 5.03 Å². The molecule has 0 aliphatic heterocycles. The molecular formula is C11H13BrN4O2S. The van der Waals surface area contributed by atoms with Crippen molar-refractivity contribution in [2.75, 3.05) is 17.1 Å². The lowest BCUT2D eigenvalue weighted by molar-refractivity contribution is 0.591. The zero-order chi connectivity index (χ0) is 14.2. The van der Waals surface area contributed by atoms with Crippen molar-refractivity contribution in [1.29, 1.82) is 0 Å². The van der Waals surface area contributed by atoms with E-state index in [-0.39, 0.29) is 5.03 Å². The van der Waals surface area contributed by atoms with Crippen LogP contribution in [0.25, 0.3) is 0 Å². The smallest absolute Gasteiger partial charge is 0.283 e. The molecule has 1 aromatic heterocycles. The van der Waals surface area contributed by atoms with Crippen molar-refractivity contribution in [3.05, 3.63) is 35.2 Å². The van der Waals surface area contributed by atoms with E-state index in [1.54, 1.807) is 29.8 Å². The van der Waals surface area contributed by atoms with E-state index in [0.717, 1.165) is 8.78 Å². The predicted octanol–water partition coefficient (Wildman–Crippen LogP) is 1.59. The Labute approximate surface area is 120 Å². The van der Waals surface area contributed by atoms with Crippen molar-refractivity contribution < 1.29 is 8.42 Å². The van der Waals surface area contributed by atoms with Gasteiger partial charge in [0.1, 0.15) is 0 Å². The third kappa shape index (κ3) is 2.59. The van der Waals surface area contributed by atoms with Crippen LogP contribution in [0.1, 0.15) is 0 Å². The number of nitrogen functional groups attached to an aromatic ring is 1. The highest BCUT2D eigenvalue weighted by Gasteiger charge is 2.25. The third-order valence-electron chi connectivity index (χ3n) is 2.63. The number of imidazole rings is 1. The maximum absolute atomic E-state index is 12.4. The standard InChI is InChI=1S/C11H13BrN4O2S/c1-15-6-11(14-7-15)19(17,18)16(2)10-4-3-8(12)5-9(10)13/h3-7H,13H2,1-2H3. The third-order valence-corrected chi connectivity index (χ3v) is 4.79. The molecule has 0 saturated heterocycles. The minimum Gasteiger partial charge on any atom is -0.397 e. The maximum atomic E-state index is 12.4. The van der Waals surface area contributed by atoms with Gasteiger partial charge in [0, 0.05) is 24.8 Å². The summed E-state index contributed by atoms with van der Waals surface area (Å²) in [4.78, 5) is 3.86. The van der Waals surface area contributed by atoms with E-state index < -0.39 is 10.0 Å². The number of rotatable bonds is 3. The Balaban J connectivity index is 2.46. The van der Waals surface area contributed by atoms with Crippen LogP contribution in [0.4, 0.5) is 11.4 Å². The van der Waals surface area contributed by atoms with Gasteiger partial charge in [0.25, 0.3) is 10.0 Å². The van der Waals surface area contributed by atoms with Crippen molar-refractivity contribution in [2.24, 2.45) is 7.05 Å². The van der Waals surface area contributed by atoms with Crippen LogP contribution in [0.2, 0.25) is 0 Å². The zero-order valence-corrected chi connectivity index (χ0v) is 12.8. The molecule has 0 saturated carbocycles. The minimum absolute atomic E-state index is 0.0141. The van der Waals surface area contributed by atoms with E-state index in [4.69, 9.17) is 5.73 Å². The SMILES string of the molecule is CN(c1ccc(Br)cc1N)S(=O)(=O)c1cn(C)cn1. The first-order valence-corrected chi connectivity index (χ1v) is 7.57. The van der Waals surface area contributed by atoms with Crippen molar-refractivity contribution in [3.63, 3.8) is 0 Å². The first-order chi connectivity index (χ1) is 8.82. The van der Waals surface area contributed by atoms with Gasteiger partial charge in [-0.05, 0) is 18.2 Å². The predicted molar refractivity (Wildman–Crippen MR) is 77.4 cm³/mol. The Hall–Kier alpha value is -1.54. The molecule has 8 heteroatoms. The fourth-order valence-electron chi connectivity index (χ4n) is 1.60. The molecule has 0 fully saturated rings. The van der Waals surface area contributed by atoms with Gasteiger partial charge in [-0.3, -0.25) is 4.31 Å². The monoisotopic (exact) mass is 344 g/mol.